The van der Waals surface area contributed by atoms with Crippen molar-refractivity contribution in [2.24, 2.45) is 0 Å². The van der Waals surface area contributed by atoms with Gasteiger partial charge in [0.25, 0.3) is 0 Å². The average molecular weight is 252 g/mol. The fourth-order valence-electron chi connectivity index (χ4n) is 1.72. The van der Waals surface area contributed by atoms with Gasteiger partial charge in [0, 0.05) is 11.3 Å². The monoisotopic (exact) mass is 252 g/mol. The minimum absolute atomic E-state index is 0.0788. The first kappa shape index (κ1) is 14.1. The van der Waals surface area contributed by atoms with Crippen LogP contribution in [0.15, 0.2) is 29.2 Å². The molecule has 0 bridgehead atoms. The van der Waals surface area contributed by atoms with Gasteiger partial charge in [0.1, 0.15) is 0 Å². The minimum atomic E-state index is -0.0788. The molecule has 0 aliphatic heterocycles. The van der Waals surface area contributed by atoms with Crippen molar-refractivity contribution in [3.8, 4) is 0 Å². The van der Waals surface area contributed by atoms with E-state index in [-0.39, 0.29) is 5.97 Å². The van der Waals surface area contributed by atoms with Crippen LogP contribution in [0, 0.1) is 0 Å². The first-order chi connectivity index (χ1) is 8.22. The largest absolute Gasteiger partial charge is 0.466 e. The van der Waals surface area contributed by atoms with Crippen molar-refractivity contribution in [2.75, 3.05) is 6.61 Å². The topological polar surface area (TPSA) is 26.3 Å². The highest BCUT2D eigenvalue weighted by molar-refractivity contribution is 7.80. The van der Waals surface area contributed by atoms with E-state index in [1.54, 1.807) is 0 Å². The summed E-state index contributed by atoms with van der Waals surface area (Å²) in [6.45, 7) is 2.32. The van der Waals surface area contributed by atoms with Gasteiger partial charge in [-0.25, -0.2) is 0 Å². The van der Waals surface area contributed by atoms with Crippen molar-refractivity contribution in [2.45, 2.75) is 43.9 Å². The van der Waals surface area contributed by atoms with Gasteiger partial charge in [0.15, 0.2) is 0 Å². The fourth-order valence-corrected chi connectivity index (χ4v) is 1.97. The molecule has 1 aromatic rings. The van der Waals surface area contributed by atoms with E-state index in [9.17, 15) is 4.79 Å². The Hall–Kier alpha value is -0.960. The zero-order valence-corrected chi connectivity index (χ0v) is 11.2. The maximum atomic E-state index is 11.1. The molecule has 0 unspecified atom stereocenters. The quantitative estimate of drug-likeness (QED) is 0.455. The summed E-state index contributed by atoms with van der Waals surface area (Å²) in [5, 5.41) is 0. The summed E-state index contributed by atoms with van der Waals surface area (Å²) in [5.41, 5.74) is 1.31. The molecule has 0 spiro atoms. The lowest BCUT2D eigenvalue weighted by Crippen LogP contribution is -2.03. The Labute approximate surface area is 109 Å². The Morgan fingerprint density at radius 3 is 2.82 bits per heavy atom. The molecule has 2 nitrogen and oxygen atoms in total. The third-order valence-corrected chi connectivity index (χ3v) is 2.84. The Balaban J connectivity index is 2.10. The van der Waals surface area contributed by atoms with E-state index in [0.29, 0.717) is 13.0 Å². The normalized spacial score (nSPS) is 10.2. The molecule has 0 heterocycles. The van der Waals surface area contributed by atoms with E-state index in [1.165, 1.54) is 5.56 Å². The lowest BCUT2D eigenvalue weighted by molar-refractivity contribution is -0.143. The third kappa shape index (κ3) is 6.37. The highest BCUT2D eigenvalue weighted by Gasteiger charge is 2.01. The first-order valence-electron chi connectivity index (χ1n) is 6.16. The lowest BCUT2D eigenvalue weighted by Gasteiger charge is -2.03. The Kier molecular flexibility index (Phi) is 6.78. The van der Waals surface area contributed by atoms with Crippen molar-refractivity contribution in [1.82, 2.24) is 0 Å². The zero-order valence-electron chi connectivity index (χ0n) is 10.3. The Bertz CT molecular complexity index is 350. The van der Waals surface area contributed by atoms with Crippen molar-refractivity contribution in [1.29, 1.82) is 0 Å². The molecule has 1 aromatic carbocycles. The van der Waals surface area contributed by atoms with Gasteiger partial charge in [-0.05, 0) is 43.9 Å². The number of aryl methyl sites for hydroxylation is 1. The molecule has 3 heteroatoms. The molecule has 0 fully saturated rings. The van der Waals surface area contributed by atoms with Gasteiger partial charge in [-0.1, -0.05) is 18.6 Å². The number of unbranched alkanes of at least 4 members (excludes halogenated alkanes) is 2. The van der Waals surface area contributed by atoms with Crippen LogP contribution in [0.1, 0.15) is 38.2 Å². The summed E-state index contributed by atoms with van der Waals surface area (Å²) in [7, 11) is 0. The van der Waals surface area contributed by atoms with Crippen LogP contribution in [0.4, 0.5) is 0 Å². The van der Waals surface area contributed by atoms with Crippen LogP contribution in [-0.4, -0.2) is 12.6 Å². The molecule has 0 aliphatic carbocycles. The number of ether oxygens (including phenoxy) is 1. The summed E-state index contributed by atoms with van der Waals surface area (Å²) in [6.07, 6.45) is 4.68. The Morgan fingerprint density at radius 2 is 2.12 bits per heavy atom. The van der Waals surface area contributed by atoms with E-state index >= 15 is 0 Å². The van der Waals surface area contributed by atoms with Crippen LogP contribution < -0.4 is 0 Å². The third-order valence-electron chi connectivity index (χ3n) is 2.56. The number of rotatable bonds is 7. The van der Waals surface area contributed by atoms with Crippen LogP contribution >= 0.6 is 12.6 Å². The van der Waals surface area contributed by atoms with Gasteiger partial charge in [-0.3, -0.25) is 4.79 Å². The average Bonchev–Trinajstić information content (AvgIpc) is 2.29. The van der Waals surface area contributed by atoms with Crippen molar-refractivity contribution < 1.29 is 9.53 Å². The molecular formula is C14H20O2S. The first-order valence-corrected chi connectivity index (χ1v) is 6.60. The SMILES string of the molecule is CCOC(=O)CCCCCc1cccc(S)c1. The van der Waals surface area contributed by atoms with Crippen LogP contribution in [0.25, 0.3) is 0 Å². The van der Waals surface area contributed by atoms with E-state index in [4.69, 9.17) is 4.74 Å². The molecule has 0 aliphatic rings. The number of thiol groups is 1. The van der Waals surface area contributed by atoms with Gasteiger partial charge in [0.05, 0.1) is 6.61 Å². The van der Waals surface area contributed by atoms with Gasteiger partial charge < -0.3 is 4.74 Å². The zero-order chi connectivity index (χ0) is 12.5. The standard InChI is InChI=1S/C14H20O2S/c1-2-16-14(15)10-5-3-4-7-12-8-6-9-13(17)11-12/h6,8-9,11,17H,2-5,7,10H2,1H3. The maximum Gasteiger partial charge on any atom is 0.305 e. The maximum absolute atomic E-state index is 11.1. The molecule has 0 saturated heterocycles. The van der Waals surface area contributed by atoms with E-state index in [1.807, 2.05) is 19.1 Å². The summed E-state index contributed by atoms with van der Waals surface area (Å²) in [4.78, 5) is 12.1. The van der Waals surface area contributed by atoms with Crippen LogP contribution in [0.3, 0.4) is 0 Å². The summed E-state index contributed by atoms with van der Waals surface area (Å²) < 4.78 is 4.87. The Morgan fingerprint density at radius 1 is 1.29 bits per heavy atom. The number of esters is 1. The summed E-state index contributed by atoms with van der Waals surface area (Å²) >= 11 is 4.31. The second kappa shape index (κ2) is 8.18. The molecule has 17 heavy (non-hydrogen) atoms. The summed E-state index contributed by atoms with van der Waals surface area (Å²) in [5.74, 6) is -0.0788. The van der Waals surface area contributed by atoms with Crippen LogP contribution in [-0.2, 0) is 16.0 Å². The lowest BCUT2D eigenvalue weighted by atomic mass is 10.1. The van der Waals surface area contributed by atoms with E-state index in [2.05, 4.69) is 24.8 Å². The predicted octanol–water partition coefficient (Wildman–Crippen LogP) is 3.64. The van der Waals surface area contributed by atoms with Gasteiger partial charge in [-0.2, -0.15) is 0 Å². The van der Waals surface area contributed by atoms with Gasteiger partial charge in [-0.15, -0.1) is 12.6 Å². The van der Waals surface area contributed by atoms with Gasteiger partial charge >= 0.3 is 5.97 Å². The number of carbonyl (C=O) groups excluding carboxylic acids is 1. The molecule has 0 atom stereocenters. The number of carbonyl (C=O) groups is 1. The minimum Gasteiger partial charge on any atom is -0.466 e. The molecule has 94 valence electrons. The van der Waals surface area contributed by atoms with Gasteiger partial charge in [0.2, 0.25) is 0 Å². The molecule has 0 radical (unpaired) electrons. The molecule has 0 aromatic heterocycles. The predicted molar refractivity (Wildman–Crippen MR) is 72.5 cm³/mol. The summed E-state index contributed by atoms with van der Waals surface area (Å²) in [6, 6.07) is 8.21. The number of hydrogen-bond acceptors (Lipinski definition) is 3. The smallest absolute Gasteiger partial charge is 0.305 e. The second-order valence-electron chi connectivity index (χ2n) is 4.04. The molecule has 0 saturated carbocycles. The molecular weight excluding hydrogens is 232 g/mol. The molecule has 0 N–H and O–H groups in total. The number of benzene rings is 1. The van der Waals surface area contributed by atoms with Crippen LogP contribution in [0.2, 0.25) is 0 Å². The highest BCUT2D eigenvalue weighted by atomic mass is 32.1. The second-order valence-corrected chi connectivity index (χ2v) is 4.55. The van der Waals surface area contributed by atoms with Crippen molar-refractivity contribution >= 4 is 18.6 Å². The molecule has 1 rings (SSSR count). The van der Waals surface area contributed by atoms with Crippen molar-refractivity contribution in [3.05, 3.63) is 29.8 Å². The molecule has 0 amide bonds. The van der Waals surface area contributed by atoms with Crippen molar-refractivity contribution in [3.63, 3.8) is 0 Å². The van der Waals surface area contributed by atoms with E-state index < -0.39 is 0 Å². The fraction of sp³-hybridized carbons (Fsp3) is 0.500. The highest BCUT2D eigenvalue weighted by Crippen LogP contribution is 2.12. The van der Waals surface area contributed by atoms with E-state index in [0.717, 1.165) is 30.6 Å². The number of hydrogen-bond donors (Lipinski definition) is 1. The van der Waals surface area contributed by atoms with Crippen LogP contribution in [0.5, 0.6) is 0 Å².